The molecule has 9 nitrogen and oxygen atoms in total. The van der Waals surface area contributed by atoms with Crippen molar-refractivity contribution in [2.75, 3.05) is 25.0 Å². The number of para-hydroxylation sites is 1. The summed E-state index contributed by atoms with van der Waals surface area (Å²) >= 11 is 0. The number of carbonyl (C=O) groups is 5. The molecule has 2 aromatic carbocycles. The molecule has 2 aromatic rings. The van der Waals surface area contributed by atoms with Gasteiger partial charge in [0.2, 0.25) is 11.8 Å². The molecule has 9 heteroatoms. The minimum atomic E-state index is -0.703. The van der Waals surface area contributed by atoms with Crippen molar-refractivity contribution in [3.05, 3.63) is 65.7 Å². The fourth-order valence-corrected chi connectivity index (χ4v) is 2.74. The molecule has 0 aliphatic heterocycles. The van der Waals surface area contributed by atoms with Gasteiger partial charge in [0.05, 0.1) is 31.2 Å². The number of aldehydes is 2. The first kappa shape index (κ1) is 23.3. The second kappa shape index (κ2) is 12.5. The van der Waals surface area contributed by atoms with Crippen LogP contribution in [-0.2, 0) is 25.6 Å². The molecule has 1 unspecified atom stereocenters. The van der Waals surface area contributed by atoms with Crippen molar-refractivity contribution in [3.63, 3.8) is 0 Å². The number of carbonyl (C=O) groups excluding carboxylic acids is 5. The predicted octanol–water partition coefficient (Wildman–Crippen LogP) is 0.0698. The second-order valence-corrected chi connectivity index (χ2v) is 6.55. The van der Waals surface area contributed by atoms with Gasteiger partial charge in [-0.15, -0.1) is 0 Å². The number of rotatable bonds is 12. The van der Waals surface area contributed by atoms with Gasteiger partial charge in [-0.1, -0.05) is 42.5 Å². The van der Waals surface area contributed by atoms with Gasteiger partial charge in [-0.2, -0.15) is 0 Å². The number of benzene rings is 2. The van der Waals surface area contributed by atoms with Crippen molar-refractivity contribution in [1.29, 1.82) is 0 Å². The van der Waals surface area contributed by atoms with Crippen molar-refractivity contribution < 1.29 is 24.0 Å². The van der Waals surface area contributed by atoms with Crippen LogP contribution in [0.1, 0.15) is 15.9 Å². The molecule has 0 saturated carbocycles. The second-order valence-electron chi connectivity index (χ2n) is 6.55. The van der Waals surface area contributed by atoms with Crippen LogP contribution in [-0.4, -0.2) is 56.0 Å². The van der Waals surface area contributed by atoms with Crippen molar-refractivity contribution in [1.82, 2.24) is 16.0 Å². The van der Waals surface area contributed by atoms with E-state index in [0.29, 0.717) is 24.7 Å². The molecule has 162 valence electrons. The van der Waals surface area contributed by atoms with Crippen LogP contribution in [0.4, 0.5) is 5.69 Å². The first-order valence-electron chi connectivity index (χ1n) is 9.63. The van der Waals surface area contributed by atoms with Crippen molar-refractivity contribution in [2.45, 2.75) is 12.5 Å². The van der Waals surface area contributed by atoms with Crippen LogP contribution in [0.5, 0.6) is 0 Å². The third-order valence-corrected chi connectivity index (χ3v) is 4.21. The third kappa shape index (κ3) is 8.09. The van der Waals surface area contributed by atoms with E-state index in [1.807, 2.05) is 30.3 Å². The molecule has 0 fully saturated rings. The molecular formula is C22H24N4O5. The van der Waals surface area contributed by atoms with Gasteiger partial charge in [-0.3, -0.25) is 14.4 Å². The molecule has 0 aliphatic carbocycles. The Balaban J connectivity index is 1.87. The Morgan fingerprint density at radius 2 is 1.55 bits per heavy atom. The number of amides is 3. The van der Waals surface area contributed by atoms with Gasteiger partial charge in [-0.05, 0) is 24.1 Å². The van der Waals surface area contributed by atoms with Crippen molar-refractivity contribution in [3.8, 4) is 0 Å². The van der Waals surface area contributed by atoms with Gasteiger partial charge < -0.3 is 30.9 Å². The molecule has 0 aromatic heterocycles. The summed E-state index contributed by atoms with van der Waals surface area (Å²) in [6.45, 7) is -0.533. The molecule has 2 rings (SSSR count). The summed E-state index contributed by atoms with van der Waals surface area (Å²) in [7, 11) is 0. The monoisotopic (exact) mass is 424 g/mol. The van der Waals surface area contributed by atoms with Crippen LogP contribution in [0.3, 0.4) is 0 Å². The quantitative estimate of drug-likeness (QED) is 0.356. The zero-order chi connectivity index (χ0) is 22.5. The summed E-state index contributed by atoms with van der Waals surface area (Å²) in [5.41, 5.74) is 1.55. The van der Waals surface area contributed by atoms with Crippen molar-refractivity contribution in [2.24, 2.45) is 0 Å². The highest BCUT2D eigenvalue weighted by Gasteiger charge is 2.15. The lowest BCUT2D eigenvalue weighted by Crippen LogP contribution is -2.43. The Hall–Kier alpha value is -4.01. The highest BCUT2D eigenvalue weighted by atomic mass is 16.2. The van der Waals surface area contributed by atoms with Crippen LogP contribution in [0, 0.1) is 0 Å². The molecule has 4 N–H and O–H groups in total. The highest BCUT2D eigenvalue weighted by molar-refractivity contribution is 6.01. The summed E-state index contributed by atoms with van der Waals surface area (Å²) in [5.74, 6) is -1.42. The zero-order valence-corrected chi connectivity index (χ0v) is 16.8. The maximum atomic E-state index is 12.5. The van der Waals surface area contributed by atoms with E-state index < -0.39 is 23.8 Å². The number of nitrogens with one attached hydrogen (secondary N) is 4. The number of hydrogen-bond donors (Lipinski definition) is 4. The normalized spacial score (nSPS) is 11.0. The average molecular weight is 424 g/mol. The van der Waals surface area contributed by atoms with Crippen LogP contribution < -0.4 is 21.3 Å². The molecular weight excluding hydrogens is 400 g/mol. The molecule has 0 heterocycles. The van der Waals surface area contributed by atoms with Crippen molar-refractivity contribution >= 4 is 36.0 Å². The first-order valence-corrected chi connectivity index (χ1v) is 9.63. The van der Waals surface area contributed by atoms with Gasteiger partial charge in [-0.25, -0.2) is 0 Å². The van der Waals surface area contributed by atoms with E-state index in [2.05, 4.69) is 21.3 Å². The molecule has 0 bridgehead atoms. The molecule has 3 amide bonds. The Kier molecular flexibility index (Phi) is 9.41. The molecule has 0 spiro atoms. The lowest BCUT2D eigenvalue weighted by Gasteiger charge is -2.14. The highest BCUT2D eigenvalue weighted by Crippen LogP contribution is 2.14. The summed E-state index contributed by atoms with van der Waals surface area (Å²) in [4.78, 5) is 57.8. The summed E-state index contributed by atoms with van der Waals surface area (Å²) < 4.78 is 0. The van der Waals surface area contributed by atoms with E-state index in [4.69, 9.17) is 0 Å². The number of anilines is 1. The van der Waals surface area contributed by atoms with E-state index in [-0.39, 0.29) is 25.2 Å². The molecule has 1 atom stereocenters. The number of hydrogen-bond acceptors (Lipinski definition) is 6. The van der Waals surface area contributed by atoms with E-state index in [1.54, 1.807) is 24.3 Å². The fourth-order valence-electron chi connectivity index (χ4n) is 2.74. The van der Waals surface area contributed by atoms with Crippen LogP contribution >= 0.6 is 0 Å². The van der Waals surface area contributed by atoms with Crippen LogP contribution in [0.2, 0.25) is 0 Å². The van der Waals surface area contributed by atoms with Gasteiger partial charge in [0.15, 0.2) is 0 Å². The molecule has 0 saturated heterocycles. The molecule has 0 aliphatic rings. The van der Waals surface area contributed by atoms with E-state index in [1.165, 1.54) is 0 Å². The van der Waals surface area contributed by atoms with Gasteiger partial charge in [0.25, 0.3) is 5.91 Å². The smallest absolute Gasteiger partial charge is 0.253 e. The maximum absolute atomic E-state index is 12.5. The Morgan fingerprint density at radius 3 is 2.26 bits per heavy atom. The standard InChI is InChI=1S/C22H24N4O5/c27-11-10-23-20(29)13-24-19-9-5-4-8-18(19)22(31)25-14-21(30)26-17(15-28)12-16-6-2-1-3-7-16/h1-9,11,15,17,24H,10,12-14H2,(H,23,29)(H,25,31)(H,26,30). The van der Waals surface area contributed by atoms with Gasteiger partial charge in [0, 0.05) is 5.69 Å². The summed E-state index contributed by atoms with van der Waals surface area (Å²) in [6.07, 6.45) is 1.57. The van der Waals surface area contributed by atoms with E-state index in [9.17, 15) is 24.0 Å². The summed E-state index contributed by atoms with van der Waals surface area (Å²) in [6, 6.07) is 15.0. The average Bonchev–Trinajstić information content (AvgIpc) is 2.80. The zero-order valence-electron chi connectivity index (χ0n) is 16.8. The Morgan fingerprint density at radius 1 is 0.839 bits per heavy atom. The minimum Gasteiger partial charge on any atom is -0.376 e. The largest absolute Gasteiger partial charge is 0.376 e. The Labute approximate surface area is 179 Å². The molecule has 0 radical (unpaired) electrons. The van der Waals surface area contributed by atoms with Crippen LogP contribution in [0.15, 0.2) is 54.6 Å². The third-order valence-electron chi connectivity index (χ3n) is 4.21. The Bertz CT molecular complexity index is 917. The fraction of sp³-hybridized carbons (Fsp3) is 0.227. The van der Waals surface area contributed by atoms with Gasteiger partial charge >= 0.3 is 0 Å². The lowest BCUT2D eigenvalue weighted by atomic mass is 10.1. The SMILES string of the molecule is O=CCNC(=O)CNc1ccccc1C(=O)NCC(=O)NC(C=O)Cc1ccccc1. The van der Waals surface area contributed by atoms with E-state index >= 15 is 0 Å². The van der Waals surface area contributed by atoms with Gasteiger partial charge in [0.1, 0.15) is 12.6 Å². The lowest BCUT2D eigenvalue weighted by molar-refractivity contribution is -0.123. The minimum absolute atomic E-state index is 0.0934. The predicted molar refractivity (Wildman–Crippen MR) is 114 cm³/mol. The molecule has 31 heavy (non-hydrogen) atoms. The van der Waals surface area contributed by atoms with Crippen LogP contribution in [0.25, 0.3) is 0 Å². The summed E-state index contributed by atoms with van der Waals surface area (Å²) in [5, 5.41) is 10.3. The first-order chi connectivity index (χ1) is 15.0. The maximum Gasteiger partial charge on any atom is 0.253 e. The van der Waals surface area contributed by atoms with E-state index in [0.717, 1.165) is 5.56 Å². The topological polar surface area (TPSA) is 133 Å².